The van der Waals surface area contributed by atoms with E-state index in [1.807, 2.05) is 31.2 Å². The number of allylic oxidation sites excluding steroid dienone is 2. The van der Waals surface area contributed by atoms with Crippen molar-refractivity contribution in [2.45, 2.75) is 25.7 Å². The number of imide groups is 2. The number of carbonyl (C=O) groups is 4. The highest BCUT2D eigenvalue weighted by atomic mass is 16.3. The molecule has 0 radical (unpaired) electrons. The number of benzene rings is 3. The van der Waals surface area contributed by atoms with Crippen molar-refractivity contribution in [3.05, 3.63) is 108 Å². The third-order valence-electron chi connectivity index (χ3n) is 9.90. The molecule has 3 aromatic carbocycles. The highest BCUT2D eigenvalue weighted by Crippen LogP contribution is 2.63. The second-order valence-electron chi connectivity index (χ2n) is 11.9. The number of aromatic hydroxyl groups is 1. The van der Waals surface area contributed by atoms with Gasteiger partial charge in [0.2, 0.25) is 23.6 Å². The van der Waals surface area contributed by atoms with Crippen LogP contribution in [-0.2, 0) is 19.2 Å². The number of phenolic OH excluding ortho intramolecular Hbond substituents is 1. The highest BCUT2D eigenvalue weighted by molar-refractivity contribution is 6.25. The van der Waals surface area contributed by atoms with Gasteiger partial charge in [0.05, 0.1) is 34.5 Å². The fraction of sp³-hybridized carbons (Fsp3) is 0.257. The third-order valence-corrected chi connectivity index (χ3v) is 9.90. The van der Waals surface area contributed by atoms with E-state index < -0.39 is 29.1 Å². The SMILES string of the molecule is C=Cc1ccc(N2C(=O)C3CC=C4C(CC5C(=O)N(c6ccccc6)C(=O)C5(C)C4c4ccc(O)cc4)C3C2=O)cc1. The molecule has 1 saturated carbocycles. The molecule has 210 valence electrons. The monoisotopic (exact) mass is 558 g/mol. The lowest BCUT2D eigenvalue weighted by Gasteiger charge is -2.49. The molecule has 7 nitrogen and oxygen atoms in total. The van der Waals surface area contributed by atoms with Crippen molar-refractivity contribution in [2.24, 2.45) is 29.1 Å². The average molecular weight is 559 g/mol. The van der Waals surface area contributed by atoms with Crippen LogP contribution in [0.5, 0.6) is 5.75 Å². The Bertz CT molecular complexity index is 1680. The van der Waals surface area contributed by atoms with Crippen LogP contribution in [0, 0.1) is 29.1 Å². The number of nitrogens with zero attached hydrogens (tertiary/aromatic N) is 2. The zero-order chi connectivity index (χ0) is 29.3. The van der Waals surface area contributed by atoms with Gasteiger partial charge in [0.1, 0.15) is 5.75 Å². The van der Waals surface area contributed by atoms with Gasteiger partial charge in [-0.2, -0.15) is 0 Å². The predicted octanol–water partition coefficient (Wildman–Crippen LogP) is 5.47. The van der Waals surface area contributed by atoms with E-state index in [0.29, 0.717) is 24.2 Å². The zero-order valence-corrected chi connectivity index (χ0v) is 23.1. The number of carbonyl (C=O) groups excluding carboxylic acids is 4. The second kappa shape index (κ2) is 9.38. The summed E-state index contributed by atoms with van der Waals surface area (Å²) in [6.07, 6.45) is 4.41. The Morgan fingerprint density at radius 3 is 2.14 bits per heavy atom. The van der Waals surface area contributed by atoms with Crippen LogP contribution >= 0.6 is 0 Å². The van der Waals surface area contributed by atoms with Crippen LogP contribution in [0.1, 0.15) is 36.8 Å². The van der Waals surface area contributed by atoms with Gasteiger partial charge in [0.15, 0.2) is 0 Å². The van der Waals surface area contributed by atoms with Crippen LogP contribution in [0.3, 0.4) is 0 Å². The molecule has 7 rings (SSSR count). The predicted molar refractivity (Wildman–Crippen MR) is 158 cm³/mol. The third kappa shape index (κ3) is 3.52. The molecule has 2 aliphatic heterocycles. The van der Waals surface area contributed by atoms with Gasteiger partial charge in [-0.25, -0.2) is 4.90 Å². The van der Waals surface area contributed by atoms with Crippen LogP contribution in [0.2, 0.25) is 0 Å². The summed E-state index contributed by atoms with van der Waals surface area (Å²) in [5.41, 5.74) is 2.52. The number of para-hydroxylation sites is 1. The molecule has 0 bridgehead atoms. The largest absolute Gasteiger partial charge is 0.508 e. The van der Waals surface area contributed by atoms with Crippen molar-refractivity contribution >= 4 is 41.1 Å². The van der Waals surface area contributed by atoms with E-state index in [0.717, 1.165) is 16.7 Å². The average Bonchev–Trinajstić information content (AvgIpc) is 3.37. The molecule has 6 unspecified atom stereocenters. The molecular weight excluding hydrogens is 528 g/mol. The van der Waals surface area contributed by atoms with Crippen molar-refractivity contribution in [2.75, 3.05) is 9.80 Å². The minimum absolute atomic E-state index is 0.0971. The normalized spacial score (nSPS) is 30.1. The van der Waals surface area contributed by atoms with Crippen molar-refractivity contribution in [3.63, 3.8) is 0 Å². The first-order valence-electron chi connectivity index (χ1n) is 14.3. The quantitative estimate of drug-likeness (QED) is 0.339. The lowest BCUT2D eigenvalue weighted by atomic mass is 9.51. The molecule has 4 amide bonds. The molecule has 7 heteroatoms. The first kappa shape index (κ1) is 26.1. The lowest BCUT2D eigenvalue weighted by molar-refractivity contribution is -0.131. The van der Waals surface area contributed by atoms with E-state index in [9.17, 15) is 24.3 Å². The molecule has 3 fully saturated rings. The van der Waals surface area contributed by atoms with Crippen molar-refractivity contribution in [3.8, 4) is 5.75 Å². The van der Waals surface area contributed by atoms with Gasteiger partial charge in [-0.05, 0) is 73.2 Å². The Morgan fingerprint density at radius 2 is 1.48 bits per heavy atom. The smallest absolute Gasteiger partial charge is 0.241 e. The number of hydrogen-bond acceptors (Lipinski definition) is 5. The van der Waals surface area contributed by atoms with Crippen LogP contribution in [-0.4, -0.2) is 28.7 Å². The van der Waals surface area contributed by atoms with Crippen LogP contribution in [0.15, 0.2) is 97.1 Å². The maximum Gasteiger partial charge on any atom is 0.241 e. The summed E-state index contributed by atoms with van der Waals surface area (Å²) in [4.78, 5) is 58.9. The van der Waals surface area contributed by atoms with E-state index >= 15 is 0 Å². The minimum Gasteiger partial charge on any atom is -0.508 e. The standard InChI is InChI=1S/C35H30N2O5/c1-3-20-9-13-23(14-10-20)36-31(39)26-18-17-25-27(29(26)33(36)41)19-28-32(40)37(22-7-5-4-6-8-22)34(42)35(28,2)30(25)21-11-15-24(38)16-12-21/h3-17,26-30,38H,1,18-19H2,2H3. The molecule has 3 aromatic rings. The number of amides is 4. The Kier molecular flexibility index (Phi) is 5.84. The minimum atomic E-state index is -1.11. The van der Waals surface area contributed by atoms with Crippen LogP contribution < -0.4 is 9.80 Å². The topological polar surface area (TPSA) is 95.0 Å². The van der Waals surface area contributed by atoms with Gasteiger partial charge >= 0.3 is 0 Å². The van der Waals surface area contributed by atoms with Gasteiger partial charge in [0, 0.05) is 5.92 Å². The molecule has 2 aliphatic carbocycles. The molecule has 0 spiro atoms. The zero-order valence-electron chi connectivity index (χ0n) is 23.1. The van der Waals surface area contributed by atoms with Crippen molar-refractivity contribution in [1.82, 2.24) is 0 Å². The molecule has 1 N–H and O–H groups in total. The van der Waals surface area contributed by atoms with Gasteiger partial charge < -0.3 is 5.11 Å². The Balaban J connectivity index is 1.34. The molecule has 42 heavy (non-hydrogen) atoms. The van der Waals surface area contributed by atoms with Gasteiger partial charge in [-0.1, -0.05) is 66.8 Å². The summed E-state index contributed by atoms with van der Waals surface area (Å²) in [7, 11) is 0. The molecular formula is C35H30N2O5. The summed E-state index contributed by atoms with van der Waals surface area (Å²) < 4.78 is 0. The number of anilines is 2. The van der Waals surface area contributed by atoms with Gasteiger partial charge in [-0.15, -0.1) is 0 Å². The molecule has 0 aromatic heterocycles. The van der Waals surface area contributed by atoms with E-state index in [1.165, 1.54) is 9.80 Å². The summed E-state index contributed by atoms with van der Waals surface area (Å²) >= 11 is 0. The Labute approximate surface area is 243 Å². The number of phenols is 1. The molecule has 4 aliphatic rings. The number of fused-ring (bicyclic) bond motifs is 4. The fourth-order valence-corrected chi connectivity index (χ4v) is 7.90. The van der Waals surface area contributed by atoms with Crippen molar-refractivity contribution < 1.29 is 24.3 Å². The first-order chi connectivity index (χ1) is 20.3. The maximum absolute atomic E-state index is 14.3. The van der Waals surface area contributed by atoms with Crippen LogP contribution in [0.25, 0.3) is 6.08 Å². The van der Waals surface area contributed by atoms with Gasteiger partial charge in [-0.3, -0.25) is 24.1 Å². The molecule has 2 heterocycles. The Hall–Kier alpha value is -4.78. The molecule has 2 saturated heterocycles. The first-order valence-corrected chi connectivity index (χ1v) is 14.3. The van der Waals surface area contributed by atoms with E-state index in [2.05, 4.69) is 6.58 Å². The summed E-state index contributed by atoms with van der Waals surface area (Å²) in [6, 6.07) is 22.8. The van der Waals surface area contributed by atoms with E-state index in [-0.39, 0.29) is 35.3 Å². The maximum atomic E-state index is 14.3. The molecule has 6 atom stereocenters. The Morgan fingerprint density at radius 1 is 0.810 bits per heavy atom. The van der Waals surface area contributed by atoms with Crippen molar-refractivity contribution in [1.29, 1.82) is 0 Å². The summed E-state index contributed by atoms with van der Waals surface area (Å²) in [5, 5.41) is 10.0. The summed E-state index contributed by atoms with van der Waals surface area (Å²) in [6.45, 7) is 5.63. The van der Waals surface area contributed by atoms with E-state index in [4.69, 9.17) is 0 Å². The number of rotatable bonds is 4. The van der Waals surface area contributed by atoms with E-state index in [1.54, 1.807) is 66.7 Å². The fourth-order valence-electron chi connectivity index (χ4n) is 7.90. The lowest BCUT2D eigenvalue weighted by Crippen LogP contribution is -2.48. The second-order valence-corrected chi connectivity index (χ2v) is 11.9. The summed E-state index contributed by atoms with van der Waals surface area (Å²) in [5.74, 6) is -3.71. The van der Waals surface area contributed by atoms with Gasteiger partial charge in [0.25, 0.3) is 0 Å². The highest BCUT2D eigenvalue weighted by Gasteiger charge is 2.67. The van der Waals surface area contributed by atoms with Crippen LogP contribution in [0.4, 0.5) is 11.4 Å². The number of hydrogen-bond donors (Lipinski definition) is 1.